The molecule has 1 aliphatic carbocycles. The molecule has 4 rings (SSSR count). The number of benzene rings is 2. The SMILES string of the molecule is CN=C(NCc1coc(-c2ccccc2)n1)NCC1(c2ccccc2C)CC1. The van der Waals surface area contributed by atoms with E-state index in [1.165, 1.54) is 24.0 Å². The Balaban J connectivity index is 1.34. The van der Waals surface area contributed by atoms with Crippen molar-refractivity contribution < 1.29 is 4.42 Å². The van der Waals surface area contributed by atoms with Gasteiger partial charge in [-0.15, -0.1) is 0 Å². The van der Waals surface area contributed by atoms with E-state index < -0.39 is 0 Å². The monoisotopic (exact) mass is 374 g/mol. The van der Waals surface area contributed by atoms with Crippen molar-refractivity contribution >= 4 is 5.96 Å². The largest absolute Gasteiger partial charge is 0.444 e. The molecule has 28 heavy (non-hydrogen) atoms. The van der Waals surface area contributed by atoms with Crippen molar-refractivity contribution in [3.8, 4) is 11.5 Å². The molecule has 0 atom stereocenters. The molecule has 1 saturated carbocycles. The summed E-state index contributed by atoms with van der Waals surface area (Å²) < 4.78 is 5.60. The molecule has 5 heteroatoms. The number of nitrogens with one attached hydrogen (secondary N) is 2. The number of aromatic nitrogens is 1. The predicted molar refractivity (Wildman–Crippen MR) is 112 cm³/mol. The summed E-state index contributed by atoms with van der Waals surface area (Å²) in [4.78, 5) is 8.91. The van der Waals surface area contributed by atoms with Crippen LogP contribution in [0.3, 0.4) is 0 Å². The van der Waals surface area contributed by atoms with Crippen LogP contribution < -0.4 is 10.6 Å². The molecule has 0 saturated heterocycles. The highest BCUT2D eigenvalue weighted by molar-refractivity contribution is 5.79. The number of aryl methyl sites for hydroxylation is 1. The van der Waals surface area contributed by atoms with Crippen LogP contribution >= 0.6 is 0 Å². The van der Waals surface area contributed by atoms with Gasteiger partial charge in [0.25, 0.3) is 0 Å². The van der Waals surface area contributed by atoms with Gasteiger partial charge >= 0.3 is 0 Å². The first-order chi connectivity index (χ1) is 13.7. The smallest absolute Gasteiger partial charge is 0.226 e. The van der Waals surface area contributed by atoms with Crippen molar-refractivity contribution in [2.24, 2.45) is 4.99 Å². The molecule has 5 nitrogen and oxygen atoms in total. The third-order valence-corrected chi connectivity index (χ3v) is 5.40. The summed E-state index contributed by atoms with van der Waals surface area (Å²) >= 11 is 0. The Labute approximate surface area is 165 Å². The highest BCUT2D eigenvalue weighted by atomic mass is 16.3. The van der Waals surface area contributed by atoms with Gasteiger partial charge < -0.3 is 15.1 Å². The highest BCUT2D eigenvalue weighted by Gasteiger charge is 2.44. The molecule has 0 unspecified atom stereocenters. The Morgan fingerprint density at radius 3 is 2.54 bits per heavy atom. The molecule has 1 fully saturated rings. The molecule has 1 aliphatic rings. The second-order valence-electron chi connectivity index (χ2n) is 7.38. The lowest BCUT2D eigenvalue weighted by molar-refractivity contribution is 0.572. The lowest BCUT2D eigenvalue weighted by Crippen LogP contribution is -2.41. The van der Waals surface area contributed by atoms with Gasteiger partial charge in [0.2, 0.25) is 5.89 Å². The number of hydrogen-bond acceptors (Lipinski definition) is 3. The first kappa shape index (κ1) is 18.3. The zero-order valence-corrected chi connectivity index (χ0v) is 16.4. The van der Waals surface area contributed by atoms with Crippen molar-refractivity contribution in [3.05, 3.63) is 77.7 Å². The summed E-state index contributed by atoms with van der Waals surface area (Å²) in [5.41, 5.74) is 4.87. The Morgan fingerprint density at radius 1 is 1.07 bits per heavy atom. The minimum atomic E-state index is 0.233. The first-order valence-corrected chi connectivity index (χ1v) is 9.71. The average Bonchev–Trinajstić information content (AvgIpc) is 3.37. The minimum absolute atomic E-state index is 0.233. The van der Waals surface area contributed by atoms with Crippen molar-refractivity contribution in [1.29, 1.82) is 0 Å². The third-order valence-electron chi connectivity index (χ3n) is 5.40. The van der Waals surface area contributed by atoms with E-state index in [9.17, 15) is 0 Å². The van der Waals surface area contributed by atoms with Gasteiger partial charge in [0, 0.05) is 24.6 Å². The molecule has 0 aliphatic heterocycles. The van der Waals surface area contributed by atoms with Gasteiger partial charge in [-0.05, 0) is 43.0 Å². The molecule has 1 heterocycles. The molecule has 2 N–H and O–H groups in total. The zero-order chi connectivity index (χ0) is 19.4. The second-order valence-corrected chi connectivity index (χ2v) is 7.38. The maximum Gasteiger partial charge on any atom is 0.226 e. The molecule has 0 radical (unpaired) electrons. The van der Waals surface area contributed by atoms with Gasteiger partial charge in [0.05, 0.1) is 12.2 Å². The Morgan fingerprint density at radius 2 is 1.82 bits per heavy atom. The maximum absolute atomic E-state index is 5.60. The van der Waals surface area contributed by atoms with Crippen LogP contribution in [-0.2, 0) is 12.0 Å². The molecule has 2 aromatic carbocycles. The van der Waals surface area contributed by atoms with Crippen LogP contribution in [0.2, 0.25) is 0 Å². The topological polar surface area (TPSA) is 62.5 Å². The fourth-order valence-electron chi connectivity index (χ4n) is 3.61. The summed E-state index contributed by atoms with van der Waals surface area (Å²) in [5.74, 6) is 1.42. The van der Waals surface area contributed by atoms with Crippen molar-refractivity contribution in [1.82, 2.24) is 15.6 Å². The normalized spacial score (nSPS) is 15.3. The van der Waals surface area contributed by atoms with Gasteiger partial charge in [-0.1, -0.05) is 42.5 Å². The van der Waals surface area contributed by atoms with E-state index in [0.29, 0.717) is 12.4 Å². The second kappa shape index (κ2) is 7.89. The van der Waals surface area contributed by atoms with Gasteiger partial charge in [0.1, 0.15) is 6.26 Å². The first-order valence-electron chi connectivity index (χ1n) is 9.71. The number of guanidine groups is 1. The Kier molecular flexibility index (Phi) is 5.15. The lowest BCUT2D eigenvalue weighted by atomic mass is 9.92. The molecule has 0 bridgehead atoms. The van der Waals surface area contributed by atoms with Crippen molar-refractivity contribution in [2.75, 3.05) is 13.6 Å². The molecule has 0 spiro atoms. The van der Waals surface area contributed by atoms with Gasteiger partial charge in [-0.25, -0.2) is 4.98 Å². The molecular formula is C23H26N4O. The number of rotatable bonds is 6. The summed E-state index contributed by atoms with van der Waals surface area (Å²) in [6.45, 7) is 3.64. The third kappa shape index (κ3) is 3.93. The fourth-order valence-corrected chi connectivity index (χ4v) is 3.61. The van der Waals surface area contributed by atoms with Crippen LogP contribution in [-0.4, -0.2) is 24.5 Å². The van der Waals surface area contributed by atoms with E-state index in [1.54, 1.807) is 13.3 Å². The summed E-state index contributed by atoms with van der Waals surface area (Å²) in [5, 5.41) is 6.82. The quantitative estimate of drug-likeness (QED) is 0.505. The minimum Gasteiger partial charge on any atom is -0.444 e. The molecule has 144 valence electrons. The standard InChI is InChI=1S/C23H26N4O/c1-17-8-6-7-11-20(17)23(12-13-23)16-26-22(24-2)25-14-19-15-28-21(27-19)18-9-4-3-5-10-18/h3-11,15H,12-14,16H2,1-2H3,(H2,24,25,26). The average molecular weight is 374 g/mol. The Bertz CT molecular complexity index is 957. The number of hydrogen-bond donors (Lipinski definition) is 2. The Hall–Kier alpha value is -3.08. The molecular weight excluding hydrogens is 348 g/mol. The molecule has 3 aromatic rings. The maximum atomic E-state index is 5.60. The zero-order valence-electron chi connectivity index (χ0n) is 16.4. The molecule has 1 aromatic heterocycles. The van der Waals surface area contributed by atoms with Gasteiger partial charge in [0.15, 0.2) is 5.96 Å². The summed E-state index contributed by atoms with van der Waals surface area (Å²) in [7, 11) is 1.79. The van der Waals surface area contributed by atoms with Crippen LogP contribution in [0.25, 0.3) is 11.5 Å². The highest BCUT2D eigenvalue weighted by Crippen LogP contribution is 2.48. The molecule has 0 amide bonds. The van der Waals surface area contributed by atoms with E-state index >= 15 is 0 Å². The lowest BCUT2D eigenvalue weighted by Gasteiger charge is -2.20. The number of oxazole rings is 1. The van der Waals surface area contributed by atoms with Crippen LogP contribution in [0, 0.1) is 6.92 Å². The summed E-state index contributed by atoms with van der Waals surface area (Å²) in [6.07, 6.45) is 4.12. The van der Waals surface area contributed by atoms with E-state index in [1.807, 2.05) is 30.3 Å². The fraction of sp³-hybridized carbons (Fsp3) is 0.304. The predicted octanol–water partition coefficient (Wildman–Crippen LogP) is 4.05. The van der Waals surface area contributed by atoms with E-state index in [0.717, 1.165) is 23.8 Å². The van der Waals surface area contributed by atoms with E-state index in [4.69, 9.17) is 4.42 Å². The van der Waals surface area contributed by atoms with Gasteiger partial charge in [-0.2, -0.15) is 0 Å². The summed E-state index contributed by atoms with van der Waals surface area (Å²) in [6, 6.07) is 18.6. The van der Waals surface area contributed by atoms with Crippen molar-refractivity contribution in [2.45, 2.75) is 31.7 Å². The van der Waals surface area contributed by atoms with Crippen LogP contribution in [0.15, 0.2) is 70.3 Å². The van der Waals surface area contributed by atoms with Crippen molar-refractivity contribution in [3.63, 3.8) is 0 Å². The van der Waals surface area contributed by atoms with Crippen LogP contribution in [0.1, 0.15) is 29.7 Å². The van der Waals surface area contributed by atoms with E-state index in [2.05, 4.69) is 51.8 Å². The van der Waals surface area contributed by atoms with Crippen LogP contribution in [0.4, 0.5) is 0 Å². The number of aliphatic imine (C=N–C) groups is 1. The van der Waals surface area contributed by atoms with E-state index in [-0.39, 0.29) is 5.41 Å². The van der Waals surface area contributed by atoms with Crippen LogP contribution in [0.5, 0.6) is 0 Å². The van der Waals surface area contributed by atoms with Gasteiger partial charge in [-0.3, -0.25) is 4.99 Å². The number of nitrogens with zero attached hydrogens (tertiary/aromatic N) is 2.